The molecule has 2 aromatic rings. The lowest BCUT2D eigenvalue weighted by Gasteiger charge is -2.15. The molecule has 0 bridgehead atoms. The van der Waals surface area contributed by atoms with Gasteiger partial charge in [-0.1, -0.05) is 0 Å². The summed E-state index contributed by atoms with van der Waals surface area (Å²) >= 11 is 0. The minimum Gasteiger partial charge on any atom is -0.342 e. The molecule has 0 aliphatic rings. The Balaban J connectivity index is 1.84. The molecule has 0 N–H and O–H groups in total. The first-order valence-electron chi connectivity index (χ1n) is 7.24. The number of hydrogen-bond acceptors (Lipinski definition) is 3. The van der Waals surface area contributed by atoms with E-state index in [0.29, 0.717) is 5.56 Å². The summed E-state index contributed by atoms with van der Waals surface area (Å²) in [7, 11) is 3.74. The molecule has 0 atom stereocenters. The van der Waals surface area contributed by atoms with Gasteiger partial charge in [0.2, 0.25) is 0 Å². The molecule has 6 nitrogen and oxygen atoms in total. The first-order valence-corrected chi connectivity index (χ1v) is 7.24. The van der Waals surface area contributed by atoms with Crippen LogP contribution in [0.4, 0.5) is 0 Å². The van der Waals surface area contributed by atoms with E-state index in [1.165, 1.54) is 5.56 Å². The zero-order valence-corrected chi connectivity index (χ0v) is 13.2. The number of carbonyl (C=O) groups excluding carboxylic acids is 1. The predicted octanol–water partition coefficient (Wildman–Crippen LogP) is 1.90. The minimum atomic E-state index is 0.0214. The summed E-state index contributed by atoms with van der Waals surface area (Å²) < 4.78 is 3.60. The fraction of sp³-hybridized carbons (Fsp3) is 0.533. The monoisotopic (exact) mass is 289 g/mol. The van der Waals surface area contributed by atoms with Gasteiger partial charge in [-0.3, -0.25) is 14.2 Å². The summed E-state index contributed by atoms with van der Waals surface area (Å²) in [5.74, 6) is 0.0214. The van der Waals surface area contributed by atoms with Crippen molar-refractivity contribution >= 4 is 5.91 Å². The van der Waals surface area contributed by atoms with Gasteiger partial charge >= 0.3 is 0 Å². The molecule has 1 amide bonds. The topological polar surface area (TPSA) is 56.0 Å². The molecule has 0 saturated heterocycles. The van der Waals surface area contributed by atoms with Crippen molar-refractivity contribution < 1.29 is 4.79 Å². The maximum Gasteiger partial charge on any atom is 0.256 e. The second-order valence-corrected chi connectivity index (χ2v) is 5.66. The molecule has 0 spiro atoms. The summed E-state index contributed by atoms with van der Waals surface area (Å²) in [6.07, 6.45) is 9.18. The summed E-state index contributed by atoms with van der Waals surface area (Å²) in [5, 5.41) is 8.35. The minimum absolute atomic E-state index is 0.0214. The average Bonchev–Trinajstić information content (AvgIpc) is 3.07. The third kappa shape index (κ3) is 3.93. The molecule has 114 valence electrons. The lowest BCUT2D eigenvalue weighted by Crippen LogP contribution is -2.27. The van der Waals surface area contributed by atoms with Crippen LogP contribution in [-0.4, -0.2) is 44.0 Å². The van der Waals surface area contributed by atoms with Crippen LogP contribution in [0.25, 0.3) is 0 Å². The summed E-state index contributed by atoms with van der Waals surface area (Å²) in [5.41, 5.74) is 1.85. The molecule has 6 heteroatoms. The van der Waals surface area contributed by atoms with E-state index in [-0.39, 0.29) is 11.9 Å². The van der Waals surface area contributed by atoms with Crippen LogP contribution in [0.15, 0.2) is 24.8 Å². The van der Waals surface area contributed by atoms with Gasteiger partial charge in [-0.2, -0.15) is 10.2 Å². The van der Waals surface area contributed by atoms with Gasteiger partial charge in [0.1, 0.15) is 0 Å². The third-order valence-corrected chi connectivity index (χ3v) is 3.44. The molecule has 2 heterocycles. The van der Waals surface area contributed by atoms with E-state index in [1.807, 2.05) is 46.5 Å². The van der Waals surface area contributed by atoms with Crippen molar-refractivity contribution in [1.82, 2.24) is 24.5 Å². The molecule has 0 aliphatic carbocycles. The Bertz CT molecular complexity index is 599. The first kappa shape index (κ1) is 15.3. The van der Waals surface area contributed by atoms with Crippen molar-refractivity contribution in [3.05, 3.63) is 35.9 Å². The molecular weight excluding hydrogens is 266 g/mol. The SMILES string of the molecule is CC(C)n1cc(C(=O)N(C)CCCc2cnn(C)c2)cn1. The quantitative estimate of drug-likeness (QED) is 0.816. The van der Waals surface area contributed by atoms with Crippen LogP contribution in [0, 0.1) is 0 Å². The van der Waals surface area contributed by atoms with E-state index >= 15 is 0 Å². The Kier molecular flexibility index (Phi) is 4.77. The van der Waals surface area contributed by atoms with Crippen molar-refractivity contribution in [2.75, 3.05) is 13.6 Å². The van der Waals surface area contributed by atoms with Crippen LogP contribution in [0.5, 0.6) is 0 Å². The predicted molar refractivity (Wildman–Crippen MR) is 81.1 cm³/mol. The number of rotatable bonds is 6. The molecule has 0 aliphatic heterocycles. The number of carbonyl (C=O) groups is 1. The summed E-state index contributed by atoms with van der Waals surface area (Å²) in [6.45, 7) is 4.80. The zero-order chi connectivity index (χ0) is 15.4. The van der Waals surface area contributed by atoms with Gasteiger partial charge in [-0.25, -0.2) is 0 Å². The van der Waals surface area contributed by atoms with Crippen molar-refractivity contribution in [3.63, 3.8) is 0 Å². The maximum atomic E-state index is 12.3. The van der Waals surface area contributed by atoms with Crippen LogP contribution in [-0.2, 0) is 13.5 Å². The largest absolute Gasteiger partial charge is 0.342 e. The Labute approximate surface area is 125 Å². The molecule has 0 aromatic carbocycles. The summed E-state index contributed by atoms with van der Waals surface area (Å²) in [6, 6.07) is 0.266. The lowest BCUT2D eigenvalue weighted by atomic mass is 10.2. The average molecular weight is 289 g/mol. The van der Waals surface area contributed by atoms with Crippen LogP contribution in [0.1, 0.15) is 42.2 Å². The molecule has 0 unspecified atom stereocenters. The molecule has 2 aromatic heterocycles. The number of aryl methyl sites for hydroxylation is 2. The number of aromatic nitrogens is 4. The smallest absolute Gasteiger partial charge is 0.256 e. The highest BCUT2D eigenvalue weighted by molar-refractivity contribution is 5.93. The van der Waals surface area contributed by atoms with E-state index in [9.17, 15) is 4.79 Å². The lowest BCUT2D eigenvalue weighted by molar-refractivity contribution is 0.0793. The number of nitrogens with zero attached hydrogens (tertiary/aromatic N) is 5. The van der Waals surface area contributed by atoms with E-state index in [2.05, 4.69) is 10.2 Å². The second kappa shape index (κ2) is 6.56. The Hall–Kier alpha value is -2.11. The van der Waals surface area contributed by atoms with Crippen LogP contribution >= 0.6 is 0 Å². The maximum absolute atomic E-state index is 12.3. The van der Waals surface area contributed by atoms with Crippen molar-refractivity contribution in [2.45, 2.75) is 32.7 Å². The Morgan fingerprint density at radius 2 is 2.05 bits per heavy atom. The highest BCUT2D eigenvalue weighted by Crippen LogP contribution is 2.09. The van der Waals surface area contributed by atoms with E-state index in [1.54, 1.807) is 20.5 Å². The normalized spacial score (nSPS) is 11.1. The number of amides is 1. The molecule has 2 rings (SSSR count). The van der Waals surface area contributed by atoms with Crippen molar-refractivity contribution in [3.8, 4) is 0 Å². The van der Waals surface area contributed by atoms with Crippen molar-refractivity contribution in [2.24, 2.45) is 7.05 Å². The first-order chi connectivity index (χ1) is 9.97. The molecule has 21 heavy (non-hydrogen) atoms. The highest BCUT2D eigenvalue weighted by Gasteiger charge is 2.14. The molecule has 0 saturated carbocycles. The molecule has 0 radical (unpaired) electrons. The highest BCUT2D eigenvalue weighted by atomic mass is 16.2. The number of hydrogen-bond donors (Lipinski definition) is 0. The fourth-order valence-corrected chi connectivity index (χ4v) is 2.17. The molecule has 0 fully saturated rings. The van der Waals surface area contributed by atoms with Gasteiger partial charge in [0.15, 0.2) is 0 Å². The standard InChI is InChI=1S/C15H23N5O/c1-12(2)20-11-14(9-17-20)15(21)18(3)7-5-6-13-8-16-19(4)10-13/h8-12H,5-7H2,1-4H3. The van der Waals surface area contributed by atoms with Gasteiger partial charge in [0.05, 0.1) is 18.0 Å². The van der Waals surface area contributed by atoms with Crippen LogP contribution < -0.4 is 0 Å². The van der Waals surface area contributed by atoms with Gasteiger partial charge in [-0.05, 0) is 32.3 Å². The zero-order valence-electron chi connectivity index (χ0n) is 13.2. The molecular formula is C15H23N5O. The van der Waals surface area contributed by atoms with Crippen molar-refractivity contribution in [1.29, 1.82) is 0 Å². The van der Waals surface area contributed by atoms with E-state index < -0.39 is 0 Å². The van der Waals surface area contributed by atoms with Gasteiger partial charge < -0.3 is 4.90 Å². The van der Waals surface area contributed by atoms with Crippen LogP contribution in [0.3, 0.4) is 0 Å². The van der Waals surface area contributed by atoms with E-state index in [0.717, 1.165) is 19.4 Å². The Morgan fingerprint density at radius 3 is 2.62 bits per heavy atom. The van der Waals surface area contributed by atoms with Crippen LogP contribution in [0.2, 0.25) is 0 Å². The third-order valence-electron chi connectivity index (χ3n) is 3.44. The Morgan fingerprint density at radius 1 is 1.29 bits per heavy atom. The van der Waals surface area contributed by atoms with Gasteiger partial charge in [0, 0.05) is 39.1 Å². The fourth-order valence-electron chi connectivity index (χ4n) is 2.17. The van der Waals surface area contributed by atoms with Gasteiger partial charge in [0.25, 0.3) is 5.91 Å². The van der Waals surface area contributed by atoms with Gasteiger partial charge in [-0.15, -0.1) is 0 Å². The summed E-state index contributed by atoms with van der Waals surface area (Å²) in [4.78, 5) is 14.0. The van der Waals surface area contributed by atoms with E-state index in [4.69, 9.17) is 0 Å². The second-order valence-electron chi connectivity index (χ2n) is 5.66.